The molecule has 0 aliphatic heterocycles. The molecule has 0 saturated carbocycles. The van der Waals surface area contributed by atoms with E-state index >= 15 is 0 Å². The second-order valence-corrected chi connectivity index (χ2v) is 8.77. The third-order valence-electron chi connectivity index (χ3n) is 4.13. The number of carbonyl (C=O) groups is 1. The molecule has 0 aliphatic rings. The Morgan fingerprint density at radius 3 is 2.57 bits per heavy atom. The van der Waals surface area contributed by atoms with Gasteiger partial charge in [-0.3, -0.25) is 13.9 Å². The fraction of sp³-hybridized carbons (Fsp3) is 0.0500. The summed E-state index contributed by atoms with van der Waals surface area (Å²) in [7, 11) is -3.78. The predicted octanol–water partition coefficient (Wildman–Crippen LogP) is 2.91. The van der Waals surface area contributed by atoms with E-state index in [0.717, 1.165) is 0 Å². The van der Waals surface area contributed by atoms with Gasteiger partial charge in [-0.15, -0.1) is 11.3 Å². The summed E-state index contributed by atoms with van der Waals surface area (Å²) in [4.78, 5) is 29.0. The molecule has 8 nitrogen and oxygen atoms in total. The van der Waals surface area contributed by atoms with Gasteiger partial charge in [0.15, 0.2) is 4.96 Å². The van der Waals surface area contributed by atoms with Crippen molar-refractivity contribution >= 4 is 38.0 Å². The highest BCUT2D eigenvalue weighted by molar-refractivity contribution is 7.92. The van der Waals surface area contributed by atoms with E-state index in [-0.39, 0.29) is 22.6 Å². The first-order valence-corrected chi connectivity index (χ1v) is 11.1. The van der Waals surface area contributed by atoms with E-state index in [9.17, 15) is 18.0 Å². The number of hydrogen-bond acceptors (Lipinski definition) is 7. The van der Waals surface area contributed by atoms with Crippen molar-refractivity contribution in [1.29, 1.82) is 0 Å². The maximum atomic E-state index is 12.4. The van der Waals surface area contributed by atoms with Gasteiger partial charge in [0.05, 0.1) is 16.2 Å². The molecule has 1 N–H and O–H groups in total. The van der Waals surface area contributed by atoms with Crippen LogP contribution in [-0.4, -0.2) is 23.8 Å². The van der Waals surface area contributed by atoms with Crippen LogP contribution in [0.15, 0.2) is 81.9 Å². The number of thiazole rings is 1. The second kappa shape index (κ2) is 8.09. The van der Waals surface area contributed by atoms with Crippen LogP contribution in [0.5, 0.6) is 0 Å². The van der Waals surface area contributed by atoms with Crippen molar-refractivity contribution in [2.45, 2.75) is 11.5 Å². The Balaban J connectivity index is 1.44. The number of nitrogens with one attached hydrogen (secondary N) is 1. The van der Waals surface area contributed by atoms with Crippen molar-refractivity contribution in [3.05, 3.63) is 93.9 Å². The Morgan fingerprint density at radius 2 is 1.83 bits per heavy atom. The number of fused-ring (bicyclic) bond motifs is 1. The first-order chi connectivity index (χ1) is 14.4. The van der Waals surface area contributed by atoms with E-state index in [2.05, 4.69) is 9.71 Å². The summed E-state index contributed by atoms with van der Waals surface area (Å²) in [6.07, 6.45) is 1.62. The molecule has 152 valence electrons. The Labute approximate surface area is 175 Å². The molecule has 0 amide bonds. The third kappa shape index (κ3) is 4.24. The van der Waals surface area contributed by atoms with Gasteiger partial charge in [0.25, 0.3) is 15.6 Å². The normalized spacial score (nSPS) is 11.3. The summed E-state index contributed by atoms with van der Waals surface area (Å²) in [5, 5.41) is 1.74. The first-order valence-electron chi connectivity index (χ1n) is 8.73. The van der Waals surface area contributed by atoms with Crippen LogP contribution in [0.3, 0.4) is 0 Å². The number of anilines is 1. The molecule has 0 radical (unpaired) electrons. The number of carbonyl (C=O) groups excluding carboxylic acids is 1. The minimum atomic E-state index is -3.78. The maximum Gasteiger partial charge on any atom is 0.338 e. The Bertz CT molecular complexity index is 1360. The molecule has 30 heavy (non-hydrogen) atoms. The van der Waals surface area contributed by atoms with Crippen molar-refractivity contribution in [3.8, 4) is 0 Å². The van der Waals surface area contributed by atoms with Crippen molar-refractivity contribution in [2.24, 2.45) is 0 Å². The lowest BCUT2D eigenvalue weighted by molar-refractivity contribution is 0.0467. The van der Waals surface area contributed by atoms with E-state index in [1.165, 1.54) is 46.1 Å². The molecule has 4 aromatic rings. The topological polar surface area (TPSA) is 107 Å². The summed E-state index contributed by atoms with van der Waals surface area (Å²) in [5.41, 5.74) is 0.699. The summed E-state index contributed by atoms with van der Waals surface area (Å²) >= 11 is 1.30. The molecular weight excluding hydrogens is 426 g/mol. The molecule has 4 rings (SSSR count). The first kappa shape index (κ1) is 19.8. The summed E-state index contributed by atoms with van der Waals surface area (Å²) in [5.74, 6) is -0.650. The lowest BCUT2D eigenvalue weighted by Crippen LogP contribution is -2.15. The van der Waals surface area contributed by atoms with E-state index in [1.54, 1.807) is 41.9 Å². The average molecular weight is 441 g/mol. The number of rotatable bonds is 6. The molecule has 0 fully saturated rings. The van der Waals surface area contributed by atoms with E-state index < -0.39 is 16.0 Å². The van der Waals surface area contributed by atoms with E-state index in [4.69, 9.17) is 4.74 Å². The van der Waals surface area contributed by atoms with Gasteiger partial charge >= 0.3 is 5.97 Å². The number of aromatic nitrogens is 2. The van der Waals surface area contributed by atoms with Crippen LogP contribution in [0.1, 0.15) is 16.1 Å². The van der Waals surface area contributed by atoms with Crippen LogP contribution in [0.25, 0.3) is 4.96 Å². The summed E-state index contributed by atoms with van der Waals surface area (Å²) < 4.78 is 34.0. The van der Waals surface area contributed by atoms with Gasteiger partial charge in [-0.1, -0.05) is 18.2 Å². The highest BCUT2D eigenvalue weighted by Gasteiger charge is 2.16. The molecule has 0 saturated heterocycles. The van der Waals surface area contributed by atoms with Gasteiger partial charge < -0.3 is 4.74 Å². The van der Waals surface area contributed by atoms with Gasteiger partial charge in [0.1, 0.15) is 6.61 Å². The molecular formula is C20H15N3O5S2. The molecule has 0 aliphatic carbocycles. The largest absolute Gasteiger partial charge is 0.456 e. The number of esters is 1. The number of benzene rings is 2. The Hall–Kier alpha value is -3.50. The highest BCUT2D eigenvalue weighted by atomic mass is 32.2. The second-order valence-electron chi connectivity index (χ2n) is 6.21. The number of hydrogen-bond donors (Lipinski definition) is 1. The van der Waals surface area contributed by atoms with Gasteiger partial charge in [-0.05, 0) is 36.4 Å². The number of sulfonamides is 1. The van der Waals surface area contributed by atoms with Gasteiger partial charge in [-0.25, -0.2) is 18.2 Å². The van der Waals surface area contributed by atoms with Gasteiger partial charge in [0.2, 0.25) is 0 Å². The van der Waals surface area contributed by atoms with Crippen LogP contribution >= 0.6 is 11.3 Å². The molecule has 2 heterocycles. The minimum absolute atomic E-state index is 0.0146. The van der Waals surface area contributed by atoms with E-state index in [0.29, 0.717) is 16.3 Å². The fourth-order valence-corrected chi connectivity index (χ4v) is 4.47. The van der Waals surface area contributed by atoms with Crippen LogP contribution in [0.4, 0.5) is 5.69 Å². The lowest BCUT2D eigenvalue weighted by atomic mass is 10.2. The third-order valence-corrected chi connectivity index (χ3v) is 6.29. The molecule has 0 atom stereocenters. The number of ether oxygens (including phenoxy) is 1. The van der Waals surface area contributed by atoms with Crippen LogP contribution in [0.2, 0.25) is 0 Å². The number of nitrogens with zero attached hydrogens (tertiary/aromatic N) is 2. The van der Waals surface area contributed by atoms with Crippen molar-refractivity contribution in [2.75, 3.05) is 4.72 Å². The predicted molar refractivity (Wildman–Crippen MR) is 112 cm³/mol. The van der Waals surface area contributed by atoms with E-state index in [1.807, 2.05) is 0 Å². The van der Waals surface area contributed by atoms with Crippen LogP contribution in [-0.2, 0) is 21.4 Å². The molecule has 2 aromatic carbocycles. The molecule has 0 bridgehead atoms. The van der Waals surface area contributed by atoms with Crippen molar-refractivity contribution in [1.82, 2.24) is 9.38 Å². The SMILES string of the molecule is O=C(OCc1cc(=O)n2ccsc2n1)c1ccc(S(=O)(=O)Nc2ccccc2)cc1. The summed E-state index contributed by atoms with van der Waals surface area (Å²) in [6, 6.07) is 15.2. The lowest BCUT2D eigenvalue weighted by Gasteiger charge is -2.09. The quantitative estimate of drug-likeness (QED) is 0.461. The molecule has 0 unspecified atom stereocenters. The molecule has 0 spiro atoms. The van der Waals surface area contributed by atoms with Crippen LogP contribution in [0, 0.1) is 0 Å². The van der Waals surface area contributed by atoms with Gasteiger partial charge in [0, 0.05) is 23.3 Å². The molecule has 2 aromatic heterocycles. The fourth-order valence-electron chi connectivity index (χ4n) is 2.68. The zero-order chi connectivity index (χ0) is 21.1. The average Bonchev–Trinajstić information content (AvgIpc) is 3.22. The Morgan fingerprint density at radius 1 is 1.10 bits per heavy atom. The van der Waals surface area contributed by atoms with Crippen molar-refractivity contribution in [3.63, 3.8) is 0 Å². The van der Waals surface area contributed by atoms with Gasteiger partial charge in [-0.2, -0.15) is 0 Å². The summed E-state index contributed by atoms with van der Waals surface area (Å²) in [6.45, 7) is -0.169. The smallest absolute Gasteiger partial charge is 0.338 e. The maximum absolute atomic E-state index is 12.4. The highest BCUT2D eigenvalue weighted by Crippen LogP contribution is 2.17. The number of para-hydroxylation sites is 1. The standard InChI is InChI=1S/C20H15N3O5S2/c24-18-12-16(21-20-23(18)10-11-29-20)13-28-19(25)14-6-8-17(9-7-14)30(26,27)22-15-4-2-1-3-5-15/h1-12,22H,13H2. The van der Waals surface area contributed by atoms with Crippen molar-refractivity contribution < 1.29 is 17.9 Å². The minimum Gasteiger partial charge on any atom is -0.456 e. The zero-order valence-electron chi connectivity index (χ0n) is 15.4. The Kier molecular flexibility index (Phi) is 5.34. The zero-order valence-corrected chi connectivity index (χ0v) is 17.0. The monoisotopic (exact) mass is 441 g/mol. The van der Waals surface area contributed by atoms with Crippen LogP contribution < -0.4 is 10.3 Å². The molecule has 10 heteroatoms.